The minimum Gasteiger partial charge on any atom is -0.305 e. The molecule has 2 saturated carbocycles. The lowest BCUT2D eigenvalue weighted by atomic mass is 9.88. The molecule has 0 radical (unpaired) electrons. The highest BCUT2D eigenvalue weighted by molar-refractivity contribution is 8.14. The van der Waals surface area contributed by atoms with Crippen LogP contribution >= 0.6 is 11.8 Å². The molecule has 15 heavy (non-hydrogen) atoms. The van der Waals surface area contributed by atoms with Crippen molar-refractivity contribution < 1.29 is 4.79 Å². The fraction of sp³-hybridized carbons (Fsp3) is 0.818. The maximum atomic E-state index is 12.0. The molecule has 0 aromatic carbocycles. The van der Waals surface area contributed by atoms with E-state index in [1.54, 1.807) is 11.8 Å². The third-order valence-electron chi connectivity index (χ3n) is 3.89. The van der Waals surface area contributed by atoms with Gasteiger partial charge in [-0.15, -0.1) is 0 Å². The number of aliphatic imine (C=N–C) groups is 1. The quantitative estimate of drug-likeness (QED) is 0.735. The molecule has 3 atom stereocenters. The van der Waals surface area contributed by atoms with Crippen molar-refractivity contribution in [3.05, 3.63) is 0 Å². The largest absolute Gasteiger partial charge is 0.305 e. The first-order chi connectivity index (χ1) is 7.33. The lowest BCUT2D eigenvalue weighted by molar-refractivity contribution is -0.124. The van der Waals surface area contributed by atoms with Gasteiger partial charge in [-0.25, -0.2) is 0 Å². The first-order valence-corrected chi connectivity index (χ1v) is 6.79. The second kappa shape index (κ2) is 3.81. The monoisotopic (exact) mass is 224 g/mol. The predicted molar refractivity (Wildman–Crippen MR) is 61.8 cm³/mol. The van der Waals surface area contributed by atoms with Gasteiger partial charge in [0.1, 0.15) is 0 Å². The summed E-state index contributed by atoms with van der Waals surface area (Å²) < 4.78 is 0. The molecule has 2 bridgehead atoms. The SMILES string of the molecule is O=C(NC1=NCCS1)[C@@H]1C[C@H]2CC[C@@H]1C2. The Labute approximate surface area is 94.1 Å². The Bertz CT molecular complexity index is 316. The van der Waals surface area contributed by atoms with Crippen LogP contribution in [0.15, 0.2) is 4.99 Å². The fourth-order valence-electron chi connectivity index (χ4n) is 3.17. The van der Waals surface area contributed by atoms with Crippen LogP contribution in [-0.2, 0) is 4.79 Å². The van der Waals surface area contributed by atoms with Gasteiger partial charge < -0.3 is 5.32 Å². The van der Waals surface area contributed by atoms with Crippen LogP contribution in [-0.4, -0.2) is 23.4 Å². The van der Waals surface area contributed by atoms with Gasteiger partial charge in [-0.05, 0) is 31.1 Å². The molecule has 0 spiro atoms. The highest BCUT2D eigenvalue weighted by Crippen LogP contribution is 2.48. The molecule has 4 heteroatoms. The van der Waals surface area contributed by atoms with Crippen LogP contribution in [0.2, 0.25) is 0 Å². The van der Waals surface area contributed by atoms with Gasteiger partial charge in [0.15, 0.2) is 5.17 Å². The second-order valence-electron chi connectivity index (χ2n) is 4.81. The Kier molecular flexibility index (Phi) is 2.47. The van der Waals surface area contributed by atoms with Crippen molar-refractivity contribution in [1.29, 1.82) is 0 Å². The lowest BCUT2D eigenvalue weighted by Crippen LogP contribution is -2.36. The molecule has 1 N–H and O–H groups in total. The molecule has 3 aliphatic rings. The van der Waals surface area contributed by atoms with E-state index in [4.69, 9.17) is 0 Å². The van der Waals surface area contributed by atoms with Crippen LogP contribution in [0.3, 0.4) is 0 Å². The zero-order valence-corrected chi connectivity index (χ0v) is 9.55. The van der Waals surface area contributed by atoms with Gasteiger partial charge >= 0.3 is 0 Å². The number of thioether (sulfide) groups is 1. The summed E-state index contributed by atoms with van der Waals surface area (Å²) in [6, 6.07) is 0. The van der Waals surface area contributed by atoms with E-state index in [0.29, 0.717) is 5.92 Å². The van der Waals surface area contributed by atoms with Gasteiger partial charge in [0.05, 0.1) is 6.54 Å². The average molecular weight is 224 g/mol. The standard InChI is InChI=1S/C11H16N2OS/c14-10(13-11-12-3-4-15-11)9-6-7-1-2-8(9)5-7/h7-9H,1-6H2,(H,12,13,14)/t7-,8+,9+/m0/s1. The number of amidine groups is 1. The molecular weight excluding hydrogens is 208 g/mol. The normalized spacial score (nSPS) is 38.1. The van der Waals surface area contributed by atoms with Crippen molar-refractivity contribution in [2.45, 2.75) is 25.7 Å². The van der Waals surface area contributed by atoms with Crippen LogP contribution in [0.4, 0.5) is 0 Å². The molecule has 1 amide bonds. The van der Waals surface area contributed by atoms with Crippen molar-refractivity contribution in [3.63, 3.8) is 0 Å². The van der Waals surface area contributed by atoms with Gasteiger partial charge in [0.2, 0.25) is 5.91 Å². The smallest absolute Gasteiger partial charge is 0.229 e. The summed E-state index contributed by atoms with van der Waals surface area (Å²) in [6.45, 7) is 0.858. The molecule has 1 aliphatic heterocycles. The van der Waals surface area contributed by atoms with E-state index in [1.165, 1.54) is 19.3 Å². The van der Waals surface area contributed by atoms with Crippen molar-refractivity contribution in [1.82, 2.24) is 5.32 Å². The third-order valence-corrected chi connectivity index (χ3v) is 4.78. The number of carbonyl (C=O) groups excluding carboxylic acids is 1. The molecule has 82 valence electrons. The Balaban J connectivity index is 1.60. The Hall–Kier alpha value is -0.510. The van der Waals surface area contributed by atoms with Gasteiger partial charge in [-0.3, -0.25) is 9.79 Å². The van der Waals surface area contributed by atoms with E-state index in [1.807, 2.05) is 0 Å². The first-order valence-electron chi connectivity index (χ1n) is 5.81. The van der Waals surface area contributed by atoms with Crippen LogP contribution in [0.1, 0.15) is 25.7 Å². The molecule has 3 nitrogen and oxygen atoms in total. The zero-order chi connectivity index (χ0) is 10.3. The number of nitrogens with zero attached hydrogens (tertiary/aromatic N) is 1. The van der Waals surface area contributed by atoms with E-state index in [-0.39, 0.29) is 11.8 Å². The van der Waals surface area contributed by atoms with Crippen LogP contribution < -0.4 is 5.32 Å². The molecule has 3 rings (SSSR count). The summed E-state index contributed by atoms with van der Waals surface area (Å²) in [6.07, 6.45) is 5.03. The third kappa shape index (κ3) is 1.80. The molecule has 0 unspecified atom stereocenters. The minimum absolute atomic E-state index is 0.232. The number of hydrogen-bond acceptors (Lipinski definition) is 3. The molecule has 0 saturated heterocycles. The van der Waals surface area contributed by atoms with E-state index in [9.17, 15) is 4.79 Å². The number of fused-ring (bicyclic) bond motifs is 2. The minimum atomic E-state index is 0.232. The first kappa shape index (κ1) is 9.70. The highest BCUT2D eigenvalue weighted by Gasteiger charge is 2.43. The average Bonchev–Trinajstić information content (AvgIpc) is 2.93. The van der Waals surface area contributed by atoms with Crippen LogP contribution in [0, 0.1) is 17.8 Å². The Morgan fingerprint density at radius 3 is 2.93 bits per heavy atom. The molecule has 0 aromatic heterocycles. The van der Waals surface area contributed by atoms with E-state index >= 15 is 0 Å². The zero-order valence-electron chi connectivity index (χ0n) is 8.74. The van der Waals surface area contributed by atoms with Gasteiger partial charge in [0, 0.05) is 11.7 Å². The topological polar surface area (TPSA) is 41.5 Å². The van der Waals surface area contributed by atoms with E-state index in [2.05, 4.69) is 10.3 Å². The van der Waals surface area contributed by atoms with Crippen LogP contribution in [0.25, 0.3) is 0 Å². The summed E-state index contributed by atoms with van der Waals surface area (Å²) in [5.74, 6) is 3.04. The highest BCUT2D eigenvalue weighted by atomic mass is 32.2. The maximum Gasteiger partial charge on any atom is 0.229 e. The lowest BCUT2D eigenvalue weighted by Gasteiger charge is -2.20. The molecule has 2 aliphatic carbocycles. The fourth-order valence-corrected chi connectivity index (χ4v) is 3.91. The molecule has 2 fully saturated rings. The Morgan fingerprint density at radius 1 is 1.40 bits per heavy atom. The number of hydrogen-bond donors (Lipinski definition) is 1. The van der Waals surface area contributed by atoms with Crippen molar-refractivity contribution >= 4 is 22.8 Å². The van der Waals surface area contributed by atoms with Crippen molar-refractivity contribution in [2.24, 2.45) is 22.7 Å². The van der Waals surface area contributed by atoms with Gasteiger partial charge in [0.25, 0.3) is 0 Å². The summed E-state index contributed by atoms with van der Waals surface area (Å²) >= 11 is 1.67. The van der Waals surface area contributed by atoms with Crippen molar-refractivity contribution in [2.75, 3.05) is 12.3 Å². The van der Waals surface area contributed by atoms with Gasteiger partial charge in [-0.2, -0.15) is 0 Å². The summed E-state index contributed by atoms with van der Waals surface area (Å²) in [5.41, 5.74) is 0. The maximum absolute atomic E-state index is 12.0. The van der Waals surface area contributed by atoms with Crippen molar-refractivity contribution in [3.8, 4) is 0 Å². The number of nitrogens with one attached hydrogen (secondary N) is 1. The number of amides is 1. The van der Waals surface area contributed by atoms with E-state index in [0.717, 1.165) is 29.8 Å². The van der Waals surface area contributed by atoms with Gasteiger partial charge in [-0.1, -0.05) is 18.2 Å². The Morgan fingerprint density at radius 2 is 2.33 bits per heavy atom. The number of carbonyl (C=O) groups is 1. The number of rotatable bonds is 1. The predicted octanol–water partition coefficient (Wildman–Crippen LogP) is 1.64. The summed E-state index contributed by atoms with van der Waals surface area (Å²) in [7, 11) is 0. The molecule has 1 heterocycles. The second-order valence-corrected chi connectivity index (χ2v) is 5.89. The van der Waals surface area contributed by atoms with Crippen LogP contribution in [0.5, 0.6) is 0 Å². The van der Waals surface area contributed by atoms with E-state index < -0.39 is 0 Å². The summed E-state index contributed by atoms with van der Waals surface area (Å²) in [5, 5.41) is 3.83. The molecular formula is C11H16N2OS. The summed E-state index contributed by atoms with van der Waals surface area (Å²) in [4.78, 5) is 16.2. The molecule has 0 aromatic rings.